The lowest BCUT2D eigenvalue weighted by atomic mass is 10.3. The Labute approximate surface area is 90.2 Å². The molecule has 15 heavy (non-hydrogen) atoms. The van der Waals surface area contributed by atoms with Crippen LogP contribution in [0.15, 0.2) is 4.99 Å². The molecule has 1 fully saturated rings. The highest BCUT2D eigenvalue weighted by molar-refractivity contribution is 7.89. The minimum absolute atomic E-state index is 0.147. The first-order valence-corrected chi connectivity index (χ1v) is 6.79. The molecule has 0 bridgehead atoms. The van der Waals surface area contributed by atoms with E-state index >= 15 is 0 Å². The van der Waals surface area contributed by atoms with Crippen molar-refractivity contribution in [2.75, 3.05) is 12.3 Å². The van der Waals surface area contributed by atoms with Crippen LogP contribution >= 0.6 is 0 Å². The second-order valence-electron chi connectivity index (χ2n) is 3.62. The van der Waals surface area contributed by atoms with Gasteiger partial charge in [-0.25, -0.2) is 13.2 Å². The molecule has 0 aliphatic carbocycles. The van der Waals surface area contributed by atoms with Crippen LogP contribution in [0, 0.1) is 0 Å². The summed E-state index contributed by atoms with van der Waals surface area (Å²) in [5.41, 5.74) is 0. The molecule has 0 saturated carbocycles. The Bertz CT molecular complexity index is 346. The van der Waals surface area contributed by atoms with E-state index in [4.69, 9.17) is 0 Å². The minimum Gasteiger partial charge on any atom is -0.212 e. The van der Waals surface area contributed by atoms with Crippen molar-refractivity contribution in [1.29, 1.82) is 0 Å². The van der Waals surface area contributed by atoms with E-state index in [-0.39, 0.29) is 5.75 Å². The molecule has 1 aliphatic heterocycles. The van der Waals surface area contributed by atoms with Gasteiger partial charge >= 0.3 is 0 Å². The van der Waals surface area contributed by atoms with Crippen molar-refractivity contribution in [3.63, 3.8) is 0 Å². The molecule has 0 amide bonds. The average molecular weight is 232 g/mol. The molecule has 6 heteroatoms. The predicted octanol–water partition coefficient (Wildman–Crippen LogP) is 0.874. The van der Waals surface area contributed by atoms with Gasteiger partial charge in [-0.2, -0.15) is 9.30 Å². The number of isocyanates is 1. The van der Waals surface area contributed by atoms with Crippen molar-refractivity contribution in [3.05, 3.63) is 0 Å². The van der Waals surface area contributed by atoms with Gasteiger partial charge in [-0.05, 0) is 19.3 Å². The summed E-state index contributed by atoms with van der Waals surface area (Å²) in [4.78, 5) is 13.7. The maximum Gasteiger partial charge on any atom is 0.236 e. The fourth-order valence-corrected chi connectivity index (χ4v) is 3.50. The largest absolute Gasteiger partial charge is 0.236 e. The molecule has 5 nitrogen and oxygen atoms in total. The third kappa shape index (κ3) is 3.12. The summed E-state index contributed by atoms with van der Waals surface area (Å²) in [6.07, 6.45) is 3.81. The van der Waals surface area contributed by atoms with Crippen LogP contribution in [0.5, 0.6) is 0 Å². The van der Waals surface area contributed by atoms with Gasteiger partial charge < -0.3 is 0 Å². The van der Waals surface area contributed by atoms with Gasteiger partial charge in [0.15, 0.2) is 0 Å². The second kappa shape index (κ2) is 5.39. The van der Waals surface area contributed by atoms with Crippen LogP contribution in [0.4, 0.5) is 0 Å². The van der Waals surface area contributed by atoms with Crippen LogP contribution in [0.25, 0.3) is 0 Å². The summed E-state index contributed by atoms with van der Waals surface area (Å²) in [5, 5.41) is 0. The van der Waals surface area contributed by atoms with Crippen LogP contribution in [0.2, 0.25) is 0 Å². The molecule has 1 saturated heterocycles. The average Bonchev–Trinajstić information content (AvgIpc) is 2.64. The maximum absolute atomic E-state index is 11.8. The Morgan fingerprint density at radius 1 is 1.53 bits per heavy atom. The second-order valence-corrected chi connectivity index (χ2v) is 5.66. The summed E-state index contributed by atoms with van der Waals surface area (Å²) >= 11 is 0. The topological polar surface area (TPSA) is 66.8 Å². The van der Waals surface area contributed by atoms with Gasteiger partial charge in [0, 0.05) is 6.54 Å². The molecule has 0 spiro atoms. The van der Waals surface area contributed by atoms with E-state index in [1.807, 2.05) is 6.92 Å². The molecule has 0 aromatic heterocycles. The quantitative estimate of drug-likeness (QED) is 0.522. The fourth-order valence-electron chi connectivity index (χ4n) is 1.68. The van der Waals surface area contributed by atoms with Crippen molar-refractivity contribution >= 4 is 16.1 Å². The van der Waals surface area contributed by atoms with Gasteiger partial charge in [0.1, 0.15) is 6.17 Å². The monoisotopic (exact) mass is 232 g/mol. The lowest BCUT2D eigenvalue weighted by Gasteiger charge is -2.19. The van der Waals surface area contributed by atoms with Gasteiger partial charge in [0.2, 0.25) is 16.1 Å². The highest BCUT2D eigenvalue weighted by Gasteiger charge is 2.33. The molecule has 0 radical (unpaired) electrons. The third-order valence-corrected chi connectivity index (χ3v) is 4.43. The lowest BCUT2D eigenvalue weighted by Crippen LogP contribution is -2.36. The summed E-state index contributed by atoms with van der Waals surface area (Å²) in [5.74, 6) is 0.147. The van der Waals surface area contributed by atoms with E-state index in [1.165, 1.54) is 10.4 Å². The molecule has 0 aromatic carbocycles. The number of hydrogen-bond acceptors (Lipinski definition) is 4. The molecule has 1 unspecified atom stereocenters. The molecule has 86 valence electrons. The Morgan fingerprint density at radius 3 is 2.87 bits per heavy atom. The third-order valence-electron chi connectivity index (χ3n) is 2.49. The number of carbonyl (C=O) groups excluding carboxylic acids is 1. The zero-order valence-corrected chi connectivity index (χ0v) is 9.66. The number of sulfonamides is 1. The van der Waals surface area contributed by atoms with Gasteiger partial charge in [0.05, 0.1) is 5.75 Å². The van der Waals surface area contributed by atoms with Crippen LogP contribution in [0.3, 0.4) is 0 Å². The summed E-state index contributed by atoms with van der Waals surface area (Å²) in [6, 6.07) is 0. The molecule has 0 aromatic rings. The van der Waals surface area contributed by atoms with E-state index in [9.17, 15) is 13.2 Å². The standard InChI is InChI=1S/C9H16N2O3S/c1-2-3-7-15(13,14)11-6-4-5-9(11)10-8-12/h9H,2-7H2,1H3. The van der Waals surface area contributed by atoms with Crippen molar-refractivity contribution in [2.24, 2.45) is 4.99 Å². The zero-order valence-electron chi connectivity index (χ0n) is 8.85. The van der Waals surface area contributed by atoms with Crippen LogP contribution in [-0.2, 0) is 14.8 Å². The predicted molar refractivity (Wildman–Crippen MR) is 56.5 cm³/mol. The summed E-state index contributed by atoms with van der Waals surface area (Å²) in [7, 11) is -3.23. The van der Waals surface area contributed by atoms with Crippen molar-refractivity contribution in [2.45, 2.75) is 38.8 Å². The highest BCUT2D eigenvalue weighted by Crippen LogP contribution is 2.22. The van der Waals surface area contributed by atoms with E-state index < -0.39 is 16.2 Å². The first-order chi connectivity index (χ1) is 7.11. The number of rotatable bonds is 5. The first kappa shape index (κ1) is 12.4. The molecular weight excluding hydrogens is 216 g/mol. The SMILES string of the molecule is CCCCS(=O)(=O)N1CCCC1N=C=O. The van der Waals surface area contributed by atoms with E-state index in [0.717, 1.165) is 12.8 Å². The van der Waals surface area contributed by atoms with Crippen LogP contribution in [0.1, 0.15) is 32.6 Å². The Hall–Kier alpha value is -0.710. The van der Waals surface area contributed by atoms with E-state index in [1.54, 1.807) is 0 Å². The molecule has 1 heterocycles. The number of unbranched alkanes of at least 4 members (excludes halogenated alkanes) is 1. The van der Waals surface area contributed by atoms with Crippen molar-refractivity contribution in [3.8, 4) is 0 Å². The van der Waals surface area contributed by atoms with Gasteiger partial charge in [-0.3, -0.25) is 0 Å². The zero-order chi connectivity index (χ0) is 11.3. The van der Waals surface area contributed by atoms with Gasteiger partial charge in [0.25, 0.3) is 0 Å². The van der Waals surface area contributed by atoms with Crippen molar-refractivity contribution < 1.29 is 13.2 Å². The normalized spacial score (nSPS) is 22.6. The lowest BCUT2D eigenvalue weighted by molar-refractivity contribution is 0.395. The van der Waals surface area contributed by atoms with Crippen LogP contribution in [-0.4, -0.2) is 37.3 Å². The minimum atomic E-state index is -3.23. The van der Waals surface area contributed by atoms with Crippen LogP contribution < -0.4 is 0 Å². The number of aliphatic imine (C=N–C) groups is 1. The molecule has 0 N–H and O–H groups in total. The number of nitrogens with zero attached hydrogens (tertiary/aromatic N) is 2. The first-order valence-electron chi connectivity index (χ1n) is 5.18. The molecule has 1 aliphatic rings. The van der Waals surface area contributed by atoms with E-state index in [0.29, 0.717) is 19.4 Å². The fraction of sp³-hybridized carbons (Fsp3) is 0.889. The highest BCUT2D eigenvalue weighted by atomic mass is 32.2. The molecule has 1 rings (SSSR count). The Balaban J connectivity index is 2.72. The summed E-state index contributed by atoms with van der Waals surface area (Å²) < 4.78 is 25.0. The van der Waals surface area contributed by atoms with E-state index in [2.05, 4.69) is 4.99 Å². The maximum atomic E-state index is 11.8. The molecule has 1 atom stereocenters. The van der Waals surface area contributed by atoms with Crippen molar-refractivity contribution in [1.82, 2.24) is 4.31 Å². The Kier molecular flexibility index (Phi) is 4.45. The summed E-state index contributed by atoms with van der Waals surface area (Å²) in [6.45, 7) is 2.42. The Morgan fingerprint density at radius 2 is 2.27 bits per heavy atom. The number of hydrogen-bond donors (Lipinski definition) is 0. The van der Waals surface area contributed by atoms with Gasteiger partial charge in [-0.15, -0.1) is 0 Å². The smallest absolute Gasteiger partial charge is 0.212 e. The molecular formula is C9H16N2O3S. The van der Waals surface area contributed by atoms with Gasteiger partial charge in [-0.1, -0.05) is 13.3 Å².